The molecule has 1 saturated heterocycles. The topological polar surface area (TPSA) is 63.4 Å². The van der Waals surface area contributed by atoms with Crippen LogP contribution in [0.3, 0.4) is 0 Å². The predicted octanol–water partition coefficient (Wildman–Crippen LogP) is 3.37. The van der Waals surface area contributed by atoms with E-state index in [2.05, 4.69) is 32.9 Å². The van der Waals surface area contributed by atoms with Crippen LogP contribution in [0.4, 0.5) is 4.79 Å². The first-order chi connectivity index (χ1) is 10.3. The minimum absolute atomic E-state index is 0.0958. The summed E-state index contributed by atoms with van der Waals surface area (Å²) < 4.78 is 0. The molecule has 1 aromatic carbocycles. The maximum absolute atomic E-state index is 12.2. The van der Waals surface area contributed by atoms with E-state index in [1.807, 2.05) is 12.1 Å². The minimum Gasteiger partial charge on any atom is -0.330 e. The van der Waals surface area contributed by atoms with E-state index >= 15 is 0 Å². The lowest BCUT2D eigenvalue weighted by Gasteiger charge is -2.18. The number of thioether (sulfide) groups is 1. The average Bonchev–Trinajstić information content (AvgIpc) is 2.71. The number of hydrogen-bond donors (Lipinski definition) is 1. The molecule has 1 heterocycles. The number of nitrogens with two attached hydrogens (primary N) is 1. The summed E-state index contributed by atoms with van der Waals surface area (Å²) in [4.78, 5) is 25.8. The molecule has 1 aliphatic rings. The van der Waals surface area contributed by atoms with Gasteiger partial charge in [0.2, 0.25) is 0 Å². The Kier molecular flexibility index (Phi) is 5.08. The lowest BCUT2D eigenvalue weighted by molar-refractivity contribution is -0.122. The molecule has 2 rings (SSSR count). The molecule has 0 radical (unpaired) electrons. The van der Waals surface area contributed by atoms with Crippen LogP contribution in [0, 0.1) is 0 Å². The summed E-state index contributed by atoms with van der Waals surface area (Å²) in [5.74, 6) is -0.219. The van der Waals surface area contributed by atoms with Crippen molar-refractivity contribution in [2.45, 2.75) is 32.6 Å². The van der Waals surface area contributed by atoms with Gasteiger partial charge in [-0.25, -0.2) is 0 Å². The number of carbonyl (C=O) groups excluding carboxylic acids is 2. The molecule has 0 aliphatic carbocycles. The quantitative estimate of drug-likeness (QED) is 0.865. The van der Waals surface area contributed by atoms with Gasteiger partial charge in [0.05, 0.1) is 4.91 Å². The molecule has 22 heavy (non-hydrogen) atoms. The van der Waals surface area contributed by atoms with Crippen LogP contribution < -0.4 is 5.73 Å². The van der Waals surface area contributed by atoms with Gasteiger partial charge >= 0.3 is 0 Å². The van der Waals surface area contributed by atoms with E-state index < -0.39 is 0 Å². The van der Waals surface area contributed by atoms with Crippen molar-refractivity contribution in [3.05, 3.63) is 40.3 Å². The molecule has 1 fully saturated rings. The molecule has 0 bridgehead atoms. The van der Waals surface area contributed by atoms with Gasteiger partial charge in [0.1, 0.15) is 0 Å². The zero-order chi connectivity index (χ0) is 16.3. The highest BCUT2D eigenvalue weighted by Crippen LogP contribution is 2.32. The second kappa shape index (κ2) is 6.67. The summed E-state index contributed by atoms with van der Waals surface area (Å²) in [7, 11) is 0. The van der Waals surface area contributed by atoms with E-state index in [9.17, 15) is 9.59 Å². The highest BCUT2D eigenvalue weighted by atomic mass is 32.2. The monoisotopic (exact) mass is 318 g/mol. The van der Waals surface area contributed by atoms with E-state index in [1.165, 1.54) is 10.5 Å². The fraction of sp³-hybridized carbons (Fsp3) is 0.412. The van der Waals surface area contributed by atoms with Crippen molar-refractivity contribution in [3.8, 4) is 0 Å². The molecule has 0 spiro atoms. The second-order valence-corrected chi connectivity index (χ2v) is 7.34. The predicted molar refractivity (Wildman–Crippen MR) is 91.5 cm³/mol. The molecule has 0 saturated carbocycles. The van der Waals surface area contributed by atoms with Crippen molar-refractivity contribution < 1.29 is 9.59 Å². The van der Waals surface area contributed by atoms with Crippen LogP contribution in [-0.2, 0) is 10.2 Å². The molecule has 1 aromatic rings. The van der Waals surface area contributed by atoms with Gasteiger partial charge in [0, 0.05) is 6.54 Å². The van der Waals surface area contributed by atoms with E-state index in [1.54, 1.807) is 6.08 Å². The first-order valence-corrected chi connectivity index (χ1v) is 8.20. The van der Waals surface area contributed by atoms with Gasteiger partial charge in [-0.2, -0.15) is 0 Å². The van der Waals surface area contributed by atoms with Crippen LogP contribution >= 0.6 is 11.8 Å². The Labute approximate surface area is 135 Å². The van der Waals surface area contributed by atoms with E-state index in [-0.39, 0.29) is 16.6 Å². The number of nitrogens with zero attached hydrogens (tertiary/aromatic N) is 1. The van der Waals surface area contributed by atoms with Crippen LogP contribution in [0.25, 0.3) is 6.08 Å². The summed E-state index contributed by atoms with van der Waals surface area (Å²) in [5.41, 5.74) is 7.69. The summed E-state index contributed by atoms with van der Waals surface area (Å²) >= 11 is 0.995. The van der Waals surface area contributed by atoms with Crippen molar-refractivity contribution in [1.82, 2.24) is 4.90 Å². The molecule has 0 aromatic heterocycles. The number of hydrogen-bond acceptors (Lipinski definition) is 4. The average molecular weight is 318 g/mol. The number of benzene rings is 1. The number of amides is 2. The van der Waals surface area contributed by atoms with Crippen LogP contribution in [0.1, 0.15) is 38.3 Å². The Hall–Kier alpha value is -1.59. The molecule has 118 valence electrons. The number of carbonyl (C=O) groups is 2. The standard InChI is InChI=1S/C17H22N2O2S/c1-17(2,3)13-7-5-12(6-8-13)11-14-15(20)19(10-4-9-18)16(21)22-14/h5-8,11H,4,9-10,18H2,1-3H3/b14-11+. The third-order valence-electron chi connectivity index (χ3n) is 3.53. The van der Waals surface area contributed by atoms with Gasteiger partial charge in [0.25, 0.3) is 11.1 Å². The normalized spacial score (nSPS) is 17.6. The summed E-state index contributed by atoms with van der Waals surface area (Å²) in [6.07, 6.45) is 2.41. The molecule has 0 unspecified atom stereocenters. The minimum atomic E-state index is -0.219. The van der Waals surface area contributed by atoms with Crippen LogP contribution in [-0.4, -0.2) is 29.1 Å². The van der Waals surface area contributed by atoms with Crippen molar-refractivity contribution in [3.63, 3.8) is 0 Å². The lowest BCUT2D eigenvalue weighted by atomic mass is 9.87. The Morgan fingerprint density at radius 3 is 2.36 bits per heavy atom. The van der Waals surface area contributed by atoms with Crippen LogP contribution in [0.2, 0.25) is 0 Å². The molecule has 4 nitrogen and oxygen atoms in total. The number of imide groups is 1. The smallest absolute Gasteiger partial charge is 0.293 e. The highest BCUT2D eigenvalue weighted by Gasteiger charge is 2.34. The molecular weight excluding hydrogens is 296 g/mol. The first kappa shape index (κ1) is 16.8. The molecule has 0 atom stereocenters. The van der Waals surface area contributed by atoms with Gasteiger partial charge in [-0.3, -0.25) is 14.5 Å². The number of rotatable bonds is 4. The molecule has 2 N–H and O–H groups in total. The van der Waals surface area contributed by atoms with E-state index in [0.717, 1.165) is 17.3 Å². The lowest BCUT2D eigenvalue weighted by Crippen LogP contribution is -2.30. The maximum Gasteiger partial charge on any atom is 0.293 e. The van der Waals surface area contributed by atoms with E-state index in [4.69, 9.17) is 5.73 Å². The SMILES string of the molecule is CC(C)(C)c1ccc(/C=C2/SC(=O)N(CCCN)C2=O)cc1. The third kappa shape index (κ3) is 3.78. The largest absolute Gasteiger partial charge is 0.330 e. The Morgan fingerprint density at radius 2 is 1.82 bits per heavy atom. The maximum atomic E-state index is 12.2. The zero-order valence-electron chi connectivity index (χ0n) is 13.3. The Morgan fingerprint density at radius 1 is 1.18 bits per heavy atom. The molecule has 5 heteroatoms. The summed E-state index contributed by atoms with van der Waals surface area (Å²) in [6.45, 7) is 7.33. The van der Waals surface area contributed by atoms with Gasteiger partial charge in [-0.05, 0) is 47.3 Å². The first-order valence-electron chi connectivity index (χ1n) is 7.39. The third-order valence-corrected chi connectivity index (χ3v) is 4.44. The Bertz CT molecular complexity index is 600. The van der Waals surface area contributed by atoms with Crippen molar-refractivity contribution in [1.29, 1.82) is 0 Å². The molecule has 2 amide bonds. The molecular formula is C17H22N2O2S. The molecule has 1 aliphatic heterocycles. The van der Waals surface area contributed by atoms with Crippen molar-refractivity contribution in [2.24, 2.45) is 5.73 Å². The van der Waals surface area contributed by atoms with E-state index in [0.29, 0.717) is 24.4 Å². The van der Waals surface area contributed by atoms with Gasteiger partial charge < -0.3 is 5.73 Å². The summed E-state index contributed by atoms with van der Waals surface area (Å²) in [6, 6.07) is 8.08. The van der Waals surface area contributed by atoms with Crippen LogP contribution in [0.15, 0.2) is 29.2 Å². The highest BCUT2D eigenvalue weighted by molar-refractivity contribution is 8.18. The fourth-order valence-electron chi connectivity index (χ4n) is 2.17. The summed E-state index contributed by atoms with van der Waals surface area (Å²) in [5, 5.41) is -0.212. The van der Waals surface area contributed by atoms with Crippen molar-refractivity contribution in [2.75, 3.05) is 13.1 Å². The van der Waals surface area contributed by atoms with Gasteiger partial charge in [0.15, 0.2) is 0 Å². The zero-order valence-corrected chi connectivity index (χ0v) is 14.1. The second-order valence-electron chi connectivity index (χ2n) is 6.35. The van der Waals surface area contributed by atoms with Crippen LogP contribution in [0.5, 0.6) is 0 Å². The Balaban J connectivity index is 2.16. The fourth-order valence-corrected chi connectivity index (χ4v) is 3.04. The van der Waals surface area contributed by atoms with Crippen molar-refractivity contribution >= 4 is 29.0 Å². The van der Waals surface area contributed by atoms with Gasteiger partial charge in [-0.1, -0.05) is 45.0 Å². The van der Waals surface area contributed by atoms with Gasteiger partial charge in [-0.15, -0.1) is 0 Å².